The first-order valence-electron chi connectivity index (χ1n) is 20.2. The van der Waals surface area contributed by atoms with E-state index in [9.17, 15) is 33.6 Å². The number of nitrogens with one attached hydrogen (secondary N) is 3. The Labute approximate surface area is 322 Å². The van der Waals surface area contributed by atoms with Crippen molar-refractivity contribution in [1.29, 1.82) is 0 Å². The number of nitrogens with two attached hydrogens (primary N) is 1. The van der Waals surface area contributed by atoms with E-state index in [0.717, 1.165) is 51.4 Å². The molecule has 1 aliphatic carbocycles. The minimum Gasteiger partial charge on any atom is -0.370 e. The van der Waals surface area contributed by atoms with E-state index in [1.165, 1.54) is 6.92 Å². The lowest BCUT2D eigenvalue weighted by molar-refractivity contribution is -0.144. The normalized spacial score (nSPS) is 23.7. The van der Waals surface area contributed by atoms with Gasteiger partial charge in [0.25, 0.3) is 5.91 Å². The van der Waals surface area contributed by atoms with E-state index in [1.807, 2.05) is 11.9 Å². The van der Waals surface area contributed by atoms with Crippen molar-refractivity contribution in [2.24, 2.45) is 17.6 Å². The fourth-order valence-corrected chi connectivity index (χ4v) is 9.17. The van der Waals surface area contributed by atoms with Crippen molar-refractivity contribution >= 4 is 52.0 Å². The first-order valence-corrected chi connectivity index (χ1v) is 20.2. The van der Waals surface area contributed by atoms with Crippen molar-refractivity contribution in [3.8, 4) is 0 Å². The maximum Gasteiger partial charge on any atom is 0.268 e. The molecule has 0 bridgehead atoms. The minimum atomic E-state index is -1.05. The zero-order valence-corrected chi connectivity index (χ0v) is 32.3. The van der Waals surface area contributed by atoms with E-state index in [0.29, 0.717) is 61.9 Å². The third-order valence-corrected chi connectivity index (χ3v) is 12.3. The highest BCUT2D eigenvalue weighted by Crippen LogP contribution is 2.35. The highest BCUT2D eigenvalue weighted by Gasteiger charge is 2.46. The van der Waals surface area contributed by atoms with Gasteiger partial charge in [0.1, 0.15) is 17.8 Å². The number of fused-ring (bicyclic) bond motifs is 2. The second-order valence-corrected chi connectivity index (χ2v) is 16.2. The lowest BCUT2D eigenvalue weighted by Gasteiger charge is -2.38. The quantitative estimate of drug-likeness (QED) is 0.224. The topological polar surface area (TPSA) is 195 Å². The maximum atomic E-state index is 14.3. The summed E-state index contributed by atoms with van der Waals surface area (Å²) in [5, 5.41) is 6.50. The number of likely N-dealkylation sites (N-methyl/N-ethyl adjacent to an activating group) is 1. The summed E-state index contributed by atoms with van der Waals surface area (Å²) in [5.74, 6) is -2.74. The van der Waals surface area contributed by atoms with Gasteiger partial charge in [0.2, 0.25) is 23.6 Å². The molecule has 5 amide bonds. The van der Waals surface area contributed by atoms with Crippen molar-refractivity contribution in [2.75, 3.05) is 33.2 Å². The Morgan fingerprint density at radius 3 is 2.35 bits per heavy atom. The Bertz CT molecular complexity index is 1780. The number of carbonyl (C=O) groups excluding carboxylic acids is 7. The molecule has 1 aromatic heterocycles. The van der Waals surface area contributed by atoms with E-state index in [4.69, 9.17) is 5.73 Å². The molecule has 4 aliphatic rings. The molecule has 4 heterocycles. The highest BCUT2D eigenvalue weighted by atomic mass is 16.2. The Morgan fingerprint density at radius 2 is 1.64 bits per heavy atom. The summed E-state index contributed by atoms with van der Waals surface area (Å²) in [6.07, 6.45) is 8.95. The molecule has 3 saturated heterocycles. The molecule has 14 heteroatoms. The Kier molecular flexibility index (Phi) is 13.1. The van der Waals surface area contributed by atoms with Gasteiger partial charge in [0, 0.05) is 67.4 Å². The summed E-state index contributed by atoms with van der Waals surface area (Å²) in [5.41, 5.74) is 6.96. The third kappa shape index (κ3) is 9.63. The molecule has 1 saturated carbocycles. The standard InChI is InChI=1S/C41H57N7O7/c1-25(49)27-11-13-31-28(21-27)22-34(43-31)38(52)45-33-17-20-46(2)24-29-12-15-35(48(29)41(33)55)39(53)44-32(14-16-37(42)51)36(50)23-30(26-9-5-3-6-10-26)40(54)47-18-7-4-8-19-47/h11,13,21-22,26,29-30,32-33,35,43H,3-10,12,14-20,23-24H2,1-2H3,(H2,42,51)(H,44,53)(H,45,52)/t29-,30+,32+,33+,35+/m1/s1. The van der Waals surface area contributed by atoms with Gasteiger partial charge in [-0.3, -0.25) is 33.6 Å². The number of hydrogen-bond donors (Lipinski definition) is 4. The number of piperidine rings is 1. The molecular formula is C41H57N7O7. The number of likely N-dealkylation sites (tertiary alicyclic amines) is 1. The van der Waals surface area contributed by atoms with Gasteiger partial charge >= 0.3 is 0 Å². The minimum absolute atomic E-state index is 0.000870. The van der Waals surface area contributed by atoms with Crippen LogP contribution in [0.3, 0.4) is 0 Å². The van der Waals surface area contributed by atoms with Crippen LogP contribution in [-0.2, 0) is 24.0 Å². The number of carbonyl (C=O) groups is 7. The van der Waals surface area contributed by atoms with Gasteiger partial charge in [-0.25, -0.2) is 0 Å². The molecule has 5 atom stereocenters. The van der Waals surface area contributed by atoms with Crippen molar-refractivity contribution in [1.82, 2.24) is 30.3 Å². The first-order chi connectivity index (χ1) is 26.4. The van der Waals surface area contributed by atoms with Gasteiger partial charge in [-0.05, 0) is 102 Å². The monoisotopic (exact) mass is 759 g/mol. The van der Waals surface area contributed by atoms with Crippen LogP contribution in [0.2, 0.25) is 0 Å². The molecule has 0 unspecified atom stereocenters. The molecule has 14 nitrogen and oxygen atoms in total. The SMILES string of the molecule is CC(=O)c1ccc2[nH]c(C(=O)N[C@H]3CCN(C)C[C@H]4CC[C@@H](C(=O)N[C@@H](CCC(N)=O)C(=O)C[C@H](C(=O)N5CCCCC5)C5CCCCC5)N4C3=O)cc2c1. The van der Waals surface area contributed by atoms with Crippen LogP contribution in [-0.4, -0.2) is 118 Å². The first kappa shape index (κ1) is 40.1. The van der Waals surface area contributed by atoms with Crippen LogP contribution < -0.4 is 16.4 Å². The zero-order valence-electron chi connectivity index (χ0n) is 32.3. The Hall–Kier alpha value is -4.59. The van der Waals surface area contributed by atoms with Gasteiger partial charge < -0.3 is 36.1 Å². The maximum absolute atomic E-state index is 14.3. The molecule has 3 aliphatic heterocycles. The number of benzene rings is 1. The van der Waals surface area contributed by atoms with Crippen molar-refractivity contribution in [2.45, 2.75) is 121 Å². The van der Waals surface area contributed by atoms with Crippen LogP contribution in [0.5, 0.6) is 0 Å². The average Bonchev–Trinajstić information content (AvgIpc) is 3.80. The Morgan fingerprint density at radius 1 is 0.909 bits per heavy atom. The third-order valence-electron chi connectivity index (χ3n) is 12.3. The number of amides is 5. The molecule has 298 valence electrons. The van der Waals surface area contributed by atoms with E-state index >= 15 is 0 Å². The second-order valence-electron chi connectivity index (χ2n) is 16.2. The molecule has 5 N–H and O–H groups in total. The summed E-state index contributed by atoms with van der Waals surface area (Å²) < 4.78 is 0. The number of rotatable bonds is 13. The fourth-order valence-electron chi connectivity index (χ4n) is 9.17. The molecule has 0 radical (unpaired) electrons. The van der Waals surface area contributed by atoms with Crippen molar-refractivity contribution in [3.05, 3.63) is 35.5 Å². The Balaban J connectivity index is 1.18. The average molecular weight is 760 g/mol. The number of hydrogen-bond acceptors (Lipinski definition) is 8. The second kappa shape index (κ2) is 17.9. The van der Waals surface area contributed by atoms with Gasteiger partial charge in [-0.2, -0.15) is 0 Å². The number of H-pyrrole nitrogens is 1. The fraction of sp³-hybridized carbons (Fsp3) is 0.634. The van der Waals surface area contributed by atoms with E-state index in [1.54, 1.807) is 29.2 Å². The highest BCUT2D eigenvalue weighted by molar-refractivity contribution is 6.03. The number of primary amides is 1. The number of ketones is 2. The summed E-state index contributed by atoms with van der Waals surface area (Å²) >= 11 is 0. The summed E-state index contributed by atoms with van der Waals surface area (Å²) in [4.78, 5) is 103. The summed E-state index contributed by atoms with van der Waals surface area (Å²) in [6, 6.07) is 3.63. The van der Waals surface area contributed by atoms with E-state index < -0.39 is 41.8 Å². The van der Waals surface area contributed by atoms with Crippen molar-refractivity contribution < 1.29 is 33.6 Å². The summed E-state index contributed by atoms with van der Waals surface area (Å²) in [7, 11) is 1.94. The van der Waals surface area contributed by atoms with Crippen LogP contribution in [0.4, 0.5) is 0 Å². The predicted octanol–water partition coefficient (Wildman–Crippen LogP) is 3.08. The number of aromatic amines is 1. The predicted molar refractivity (Wildman–Crippen MR) is 206 cm³/mol. The van der Waals surface area contributed by atoms with Gasteiger partial charge in [-0.15, -0.1) is 0 Å². The van der Waals surface area contributed by atoms with Crippen LogP contribution >= 0.6 is 0 Å². The number of nitrogens with zero attached hydrogens (tertiary/aromatic N) is 3. The van der Waals surface area contributed by atoms with Gasteiger partial charge in [-0.1, -0.05) is 19.3 Å². The van der Waals surface area contributed by atoms with Crippen LogP contribution in [0.25, 0.3) is 10.9 Å². The molecule has 4 fully saturated rings. The molecular weight excluding hydrogens is 702 g/mol. The molecule has 1 aromatic carbocycles. The smallest absolute Gasteiger partial charge is 0.268 e. The molecule has 0 spiro atoms. The van der Waals surface area contributed by atoms with Crippen LogP contribution in [0, 0.1) is 11.8 Å². The van der Waals surface area contributed by atoms with E-state index in [-0.39, 0.29) is 60.3 Å². The van der Waals surface area contributed by atoms with Crippen molar-refractivity contribution in [3.63, 3.8) is 0 Å². The number of Topliss-reactive ketones (excluding diaryl/α,β-unsaturated/α-hetero) is 2. The largest absolute Gasteiger partial charge is 0.370 e. The van der Waals surface area contributed by atoms with Gasteiger partial charge in [0.15, 0.2) is 11.6 Å². The molecule has 6 rings (SSSR count). The van der Waals surface area contributed by atoms with Crippen LogP contribution in [0.15, 0.2) is 24.3 Å². The zero-order chi connectivity index (χ0) is 39.2. The molecule has 2 aromatic rings. The summed E-state index contributed by atoms with van der Waals surface area (Å²) in [6.45, 7) is 3.94. The van der Waals surface area contributed by atoms with Gasteiger partial charge in [0.05, 0.1) is 6.04 Å². The lowest BCUT2D eigenvalue weighted by atomic mass is 9.76. The van der Waals surface area contributed by atoms with E-state index in [2.05, 4.69) is 20.5 Å². The molecule has 55 heavy (non-hydrogen) atoms. The number of aromatic nitrogens is 1. The van der Waals surface area contributed by atoms with Crippen LogP contribution in [0.1, 0.15) is 118 Å². The lowest BCUT2D eigenvalue weighted by Crippen LogP contribution is -2.60.